The van der Waals surface area contributed by atoms with E-state index in [0.29, 0.717) is 0 Å². The van der Waals surface area contributed by atoms with Crippen LogP contribution in [0.15, 0.2) is 42.5 Å². The van der Waals surface area contributed by atoms with Gasteiger partial charge >= 0.3 is 0 Å². The summed E-state index contributed by atoms with van der Waals surface area (Å²) in [4.78, 5) is 11.7. The van der Waals surface area contributed by atoms with Gasteiger partial charge in [-0.3, -0.25) is 4.79 Å². The SMILES string of the molecule is C=C1/C(=C\C)C(=O)c2ccccc21. The first-order valence-electron chi connectivity index (χ1n) is 4.25. The van der Waals surface area contributed by atoms with Gasteiger partial charge in [-0.05, 0) is 18.1 Å². The molecule has 1 heteroatoms. The Morgan fingerprint density at radius 2 is 1.85 bits per heavy atom. The molecule has 1 aromatic carbocycles. The van der Waals surface area contributed by atoms with Gasteiger partial charge in [0.1, 0.15) is 0 Å². The van der Waals surface area contributed by atoms with Gasteiger partial charge in [0.2, 0.25) is 0 Å². The highest BCUT2D eigenvalue weighted by molar-refractivity contribution is 6.26. The Labute approximate surface area is 77.4 Å². The monoisotopic (exact) mass is 170 g/mol. The Balaban J connectivity index is 2.71. The fraction of sp³-hybridized carbons (Fsp3) is 0.0833. The Hall–Kier alpha value is -1.63. The van der Waals surface area contributed by atoms with Crippen LogP contribution in [0.4, 0.5) is 0 Å². The van der Waals surface area contributed by atoms with Crippen molar-refractivity contribution >= 4 is 11.4 Å². The van der Waals surface area contributed by atoms with Crippen molar-refractivity contribution < 1.29 is 4.79 Å². The molecule has 0 saturated carbocycles. The van der Waals surface area contributed by atoms with Crippen LogP contribution >= 0.6 is 0 Å². The van der Waals surface area contributed by atoms with Crippen molar-refractivity contribution in [3.05, 3.63) is 53.6 Å². The highest BCUT2D eigenvalue weighted by Crippen LogP contribution is 2.34. The molecule has 13 heavy (non-hydrogen) atoms. The molecule has 0 bridgehead atoms. The average Bonchev–Trinajstić information content (AvgIpc) is 2.41. The first-order valence-corrected chi connectivity index (χ1v) is 4.25. The van der Waals surface area contributed by atoms with Gasteiger partial charge < -0.3 is 0 Å². The van der Waals surface area contributed by atoms with Crippen LogP contribution in [0.25, 0.3) is 5.57 Å². The third-order valence-corrected chi connectivity index (χ3v) is 2.36. The predicted molar refractivity (Wildman–Crippen MR) is 53.6 cm³/mol. The normalized spacial score (nSPS) is 18.1. The number of rotatable bonds is 0. The second-order valence-electron chi connectivity index (χ2n) is 3.06. The first-order chi connectivity index (χ1) is 6.25. The molecule has 0 atom stereocenters. The summed E-state index contributed by atoms with van der Waals surface area (Å²) in [7, 11) is 0. The molecular weight excluding hydrogens is 160 g/mol. The number of Topliss-reactive ketones (excluding diaryl/α,β-unsaturated/α-hetero) is 1. The third-order valence-electron chi connectivity index (χ3n) is 2.36. The van der Waals surface area contributed by atoms with Gasteiger partial charge in [0.25, 0.3) is 0 Å². The molecular formula is C12H10O. The number of benzene rings is 1. The van der Waals surface area contributed by atoms with E-state index < -0.39 is 0 Å². The summed E-state index contributed by atoms with van der Waals surface area (Å²) in [6.07, 6.45) is 1.82. The van der Waals surface area contributed by atoms with E-state index in [-0.39, 0.29) is 5.78 Å². The van der Waals surface area contributed by atoms with Gasteiger partial charge in [-0.25, -0.2) is 0 Å². The summed E-state index contributed by atoms with van der Waals surface area (Å²) in [6, 6.07) is 7.59. The van der Waals surface area contributed by atoms with Crippen LogP contribution in [-0.2, 0) is 0 Å². The summed E-state index contributed by atoms with van der Waals surface area (Å²) in [5, 5.41) is 0. The number of allylic oxidation sites excluding steroid dienone is 3. The van der Waals surface area contributed by atoms with E-state index in [1.807, 2.05) is 37.3 Å². The zero-order valence-corrected chi connectivity index (χ0v) is 7.50. The molecule has 1 aliphatic carbocycles. The summed E-state index contributed by atoms with van der Waals surface area (Å²) in [5.41, 5.74) is 3.34. The zero-order valence-electron chi connectivity index (χ0n) is 7.50. The highest BCUT2D eigenvalue weighted by Gasteiger charge is 2.26. The van der Waals surface area contributed by atoms with E-state index >= 15 is 0 Å². The second kappa shape index (κ2) is 2.70. The van der Waals surface area contributed by atoms with Gasteiger partial charge in [0.15, 0.2) is 5.78 Å². The van der Waals surface area contributed by atoms with Crippen molar-refractivity contribution in [1.82, 2.24) is 0 Å². The fourth-order valence-electron chi connectivity index (χ4n) is 1.68. The number of fused-ring (bicyclic) bond motifs is 1. The molecule has 0 N–H and O–H groups in total. The predicted octanol–water partition coefficient (Wildman–Crippen LogP) is 2.84. The van der Waals surface area contributed by atoms with Crippen molar-refractivity contribution in [2.75, 3.05) is 0 Å². The van der Waals surface area contributed by atoms with Gasteiger partial charge in [-0.15, -0.1) is 0 Å². The van der Waals surface area contributed by atoms with E-state index in [2.05, 4.69) is 6.58 Å². The first kappa shape index (κ1) is 7.99. The summed E-state index contributed by atoms with van der Waals surface area (Å²) < 4.78 is 0. The highest BCUT2D eigenvalue weighted by atomic mass is 16.1. The minimum atomic E-state index is 0.100. The zero-order chi connectivity index (χ0) is 9.42. The topological polar surface area (TPSA) is 17.1 Å². The number of hydrogen-bond donors (Lipinski definition) is 0. The number of carbonyl (C=O) groups excluding carboxylic acids is 1. The number of hydrogen-bond acceptors (Lipinski definition) is 1. The van der Waals surface area contributed by atoms with Crippen LogP contribution < -0.4 is 0 Å². The maximum absolute atomic E-state index is 11.7. The minimum absolute atomic E-state index is 0.100. The average molecular weight is 170 g/mol. The van der Waals surface area contributed by atoms with E-state index in [1.54, 1.807) is 0 Å². The van der Waals surface area contributed by atoms with Crippen LogP contribution in [0.2, 0.25) is 0 Å². The molecule has 0 fully saturated rings. The van der Waals surface area contributed by atoms with Crippen molar-refractivity contribution in [3.8, 4) is 0 Å². The standard InChI is InChI=1S/C12H10O/c1-3-9-8(2)10-6-4-5-7-11(10)12(9)13/h3-7H,2H2,1H3/b9-3+. The van der Waals surface area contributed by atoms with Crippen LogP contribution in [0, 0.1) is 0 Å². The third kappa shape index (κ3) is 0.970. The lowest BCUT2D eigenvalue weighted by Gasteiger charge is -1.95. The van der Waals surface area contributed by atoms with Gasteiger partial charge in [-0.2, -0.15) is 0 Å². The lowest BCUT2D eigenvalue weighted by molar-refractivity contribution is 0.104. The van der Waals surface area contributed by atoms with E-state index in [4.69, 9.17) is 0 Å². The van der Waals surface area contributed by atoms with Crippen molar-refractivity contribution in [3.63, 3.8) is 0 Å². The molecule has 64 valence electrons. The second-order valence-corrected chi connectivity index (χ2v) is 3.06. The molecule has 0 amide bonds. The van der Waals surface area contributed by atoms with E-state index in [9.17, 15) is 4.79 Å². The van der Waals surface area contributed by atoms with Gasteiger partial charge in [-0.1, -0.05) is 36.9 Å². The lowest BCUT2D eigenvalue weighted by Crippen LogP contribution is -1.93. The molecule has 2 rings (SSSR count). The van der Waals surface area contributed by atoms with Crippen LogP contribution in [0.5, 0.6) is 0 Å². The Kier molecular flexibility index (Phi) is 1.66. The van der Waals surface area contributed by atoms with Gasteiger partial charge in [0, 0.05) is 11.1 Å². The van der Waals surface area contributed by atoms with Gasteiger partial charge in [0.05, 0.1) is 0 Å². The maximum atomic E-state index is 11.7. The summed E-state index contributed by atoms with van der Waals surface area (Å²) >= 11 is 0. The molecule has 0 unspecified atom stereocenters. The molecule has 1 aromatic rings. The molecule has 0 radical (unpaired) electrons. The quantitative estimate of drug-likeness (QED) is 0.547. The fourth-order valence-corrected chi connectivity index (χ4v) is 1.68. The molecule has 0 heterocycles. The van der Waals surface area contributed by atoms with Crippen molar-refractivity contribution in [2.45, 2.75) is 6.92 Å². The van der Waals surface area contributed by atoms with E-state index in [0.717, 1.165) is 22.3 Å². The molecule has 0 saturated heterocycles. The maximum Gasteiger partial charge on any atom is 0.193 e. The lowest BCUT2D eigenvalue weighted by atomic mass is 10.1. The summed E-state index contributed by atoms with van der Waals surface area (Å²) in [6.45, 7) is 5.77. The Bertz CT molecular complexity index is 388. The largest absolute Gasteiger partial charge is 0.289 e. The minimum Gasteiger partial charge on any atom is -0.289 e. The summed E-state index contributed by atoms with van der Waals surface area (Å²) in [5.74, 6) is 0.100. The van der Waals surface area contributed by atoms with Crippen molar-refractivity contribution in [1.29, 1.82) is 0 Å². The molecule has 0 aliphatic heterocycles. The number of carbonyl (C=O) groups is 1. The van der Waals surface area contributed by atoms with Crippen molar-refractivity contribution in [2.24, 2.45) is 0 Å². The van der Waals surface area contributed by atoms with Crippen LogP contribution in [0.1, 0.15) is 22.8 Å². The molecule has 0 spiro atoms. The Morgan fingerprint density at radius 1 is 1.23 bits per heavy atom. The molecule has 0 aromatic heterocycles. The van der Waals surface area contributed by atoms with Crippen LogP contribution in [-0.4, -0.2) is 5.78 Å². The smallest absolute Gasteiger partial charge is 0.193 e. The molecule has 1 aliphatic rings. The molecule has 1 nitrogen and oxygen atoms in total. The number of ketones is 1. The van der Waals surface area contributed by atoms with Crippen LogP contribution in [0.3, 0.4) is 0 Å². The Morgan fingerprint density at radius 3 is 2.38 bits per heavy atom. The van der Waals surface area contributed by atoms with E-state index in [1.165, 1.54) is 0 Å².